The minimum atomic E-state index is -0.287. The highest BCUT2D eigenvalue weighted by atomic mass is 16.6. The topological polar surface area (TPSA) is 49.8 Å². The van der Waals surface area contributed by atoms with Gasteiger partial charge in [0.25, 0.3) is 0 Å². The molecule has 22 heavy (non-hydrogen) atoms. The molecule has 0 spiro atoms. The first kappa shape index (κ1) is 16.6. The molecule has 2 rings (SSSR count). The second-order valence-electron chi connectivity index (χ2n) is 5.64. The Morgan fingerprint density at radius 1 is 1.36 bits per heavy atom. The molecule has 0 bridgehead atoms. The highest BCUT2D eigenvalue weighted by molar-refractivity contribution is 5.69. The van der Waals surface area contributed by atoms with Gasteiger partial charge in [0, 0.05) is 12.6 Å². The maximum Gasteiger partial charge on any atom is 0.410 e. The van der Waals surface area contributed by atoms with Gasteiger partial charge in [0.1, 0.15) is 6.61 Å². The quantitative estimate of drug-likeness (QED) is 0.847. The van der Waals surface area contributed by atoms with Crippen LogP contribution >= 0.6 is 0 Å². The lowest BCUT2D eigenvalue weighted by Crippen LogP contribution is -2.49. The Hall–Kier alpha value is -1.81. The van der Waals surface area contributed by atoms with Crippen LogP contribution in [-0.2, 0) is 11.3 Å². The van der Waals surface area contributed by atoms with Crippen LogP contribution in [0.2, 0.25) is 0 Å². The predicted molar refractivity (Wildman–Crippen MR) is 86.4 cm³/mol. The molecule has 0 radical (unpaired) electrons. The average molecular weight is 303 g/mol. The zero-order valence-electron chi connectivity index (χ0n) is 13.1. The van der Waals surface area contributed by atoms with E-state index >= 15 is 0 Å². The molecule has 0 unspecified atom stereocenters. The lowest BCUT2D eigenvalue weighted by molar-refractivity contribution is 0.0457. The van der Waals surface area contributed by atoms with Crippen LogP contribution in [0.5, 0.6) is 0 Å². The Morgan fingerprint density at radius 2 is 2.14 bits per heavy atom. The number of amides is 1. The van der Waals surface area contributed by atoms with Crippen LogP contribution in [0.25, 0.3) is 0 Å². The lowest BCUT2D eigenvalue weighted by atomic mass is 9.94. The first-order chi connectivity index (χ1) is 10.8. The molecule has 1 aliphatic heterocycles. The van der Waals surface area contributed by atoms with E-state index in [-0.39, 0.29) is 31.4 Å². The third-order valence-corrected chi connectivity index (χ3v) is 4.08. The van der Waals surface area contributed by atoms with E-state index in [1.165, 1.54) is 0 Å². The standard InChI is InChI=1S/C18H25NO3/c1-2-7-16-10-6-11-17(12-13-20)19(16)18(21)22-14-15-8-4-3-5-9-15/h2-5,7-9,16-17,20H,6,10-14H2,1H3/b7-2+/t16-,17-/m1/s1. The normalized spacial score (nSPS) is 22.0. The molecule has 1 saturated heterocycles. The molecule has 1 fully saturated rings. The number of carbonyl (C=O) groups is 1. The number of allylic oxidation sites excluding steroid dienone is 1. The van der Waals surface area contributed by atoms with Gasteiger partial charge in [0.15, 0.2) is 0 Å². The fourth-order valence-corrected chi connectivity index (χ4v) is 3.03. The summed E-state index contributed by atoms with van der Waals surface area (Å²) >= 11 is 0. The van der Waals surface area contributed by atoms with E-state index in [0.717, 1.165) is 24.8 Å². The van der Waals surface area contributed by atoms with Crippen molar-refractivity contribution in [2.45, 2.75) is 51.3 Å². The number of aliphatic hydroxyl groups excluding tert-OH is 1. The second-order valence-corrected chi connectivity index (χ2v) is 5.64. The highest BCUT2D eigenvalue weighted by Crippen LogP contribution is 2.27. The van der Waals surface area contributed by atoms with Gasteiger partial charge in [0.05, 0.1) is 6.04 Å². The van der Waals surface area contributed by atoms with Crippen molar-refractivity contribution in [1.82, 2.24) is 4.90 Å². The number of rotatable bonds is 5. The van der Waals surface area contributed by atoms with Crippen LogP contribution in [0.15, 0.2) is 42.5 Å². The minimum Gasteiger partial charge on any atom is -0.445 e. The van der Waals surface area contributed by atoms with E-state index in [1.54, 1.807) is 0 Å². The van der Waals surface area contributed by atoms with Crippen LogP contribution < -0.4 is 0 Å². The molecule has 1 aromatic carbocycles. The molecule has 1 amide bonds. The fourth-order valence-electron chi connectivity index (χ4n) is 3.03. The number of hydrogen-bond donors (Lipinski definition) is 1. The Balaban J connectivity index is 2.03. The molecule has 0 saturated carbocycles. The summed E-state index contributed by atoms with van der Waals surface area (Å²) in [4.78, 5) is 14.3. The zero-order chi connectivity index (χ0) is 15.8. The average Bonchev–Trinajstić information content (AvgIpc) is 2.54. The van der Waals surface area contributed by atoms with Crippen LogP contribution in [0.3, 0.4) is 0 Å². The summed E-state index contributed by atoms with van der Waals surface area (Å²) in [5, 5.41) is 9.25. The number of carbonyl (C=O) groups excluding carboxylic acids is 1. The van der Waals surface area contributed by atoms with Crippen molar-refractivity contribution in [2.75, 3.05) is 6.61 Å². The van der Waals surface area contributed by atoms with E-state index in [2.05, 4.69) is 0 Å². The monoisotopic (exact) mass is 303 g/mol. The predicted octanol–water partition coefficient (Wildman–Crippen LogP) is 3.50. The molecule has 1 aliphatic rings. The largest absolute Gasteiger partial charge is 0.445 e. The first-order valence-electron chi connectivity index (χ1n) is 7.99. The summed E-state index contributed by atoms with van der Waals surface area (Å²) in [6.45, 7) is 2.34. The van der Waals surface area contributed by atoms with E-state index in [4.69, 9.17) is 4.74 Å². The third-order valence-electron chi connectivity index (χ3n) is 4.08. The van der Waals surface area contributed by atoms with E-state index in [9.17, 15) is 9.90 Å². The van der Waals surface area contributed by atoms with Crippen LogP contribution in [0.1, 0.15) is 38.2 Å². The second kappa shape index (κ2) is 8.59. The van der Waals surface area contributed by atoms with E-state index in [1.807, 2.05) is 54.3 Å². The van der Waals surface area contributed by atoms with Gasteiger partial charge in [-0.05, 0) is 38.2 Å². The molecule has 1 aromatic rings. The molecule has 4 nitrogen and oxygen atoms in total. The molecule has 4 heteroatoms. The van der Waals surface area contributed by atoms with Crippen molar-refractivity contribution in [3.8, 4) is 0 Å². The molecular weight excluding hydrogens is 278 g/mol. The molecule has 120 valence electrons. The Bertz CT molecular complexity index is 484. The van der Waals surface area contributed by atoms with Gasteiger partial charge in [-0.25, -0.2) is 4.79 Å². The number of nitrogens with zero attached hydrogens (tertiary/aromatic N) is 1. The fraction of sp³-hybridized carbons (Fsp3) is 0.500. The van der Waals surface area contributed by atoms with Gasteiger partial charge >= 0.3 is 6.09 Å². The van der Waals surface area contributed by atoms with Gasteiger partial charge in [-0.3, -0.25) is 4.90 Å². The molecule has 0 aliphatic carbocycles. The third kappa shape index (κ3) is 4.34. The summed E-state index contributed by atoms with van der Waals surface area (Å²) < 4.78 is 5.49. The van der Waals surface area contributed by atoms with Gasteiger partial charge in [-0.1, -0.05) is 42.5 Å². The highest BCUT2D eigenvalue weighted by Gasteiger charge is 2.33. The smallest absolute Gasteiger partial charge is 0.410 e. The molecule has 1 N–H and O–H groups in total. The summed E-state index contributed by atoms with van der Waals surface area (Å²) in [5.41, 5.74) is 0.981. The van der Waals surface area contributed by atoms with Gasteiger partial charge in [-0.2, -0.15) is 0 Å². The number of ether oxygens (including phenoxy) is 1. The van der Waals surface area contributed by atoms with E-state index in [0.29, 0.717) is 6.42 Å². The number of benzene rings is 1. The van der Waals surface area contributed by atoms with Gasteiger partial charge in [-0.15, -0.1) is 0 Å². The molecular formula is C18H25NO3. The number of piperidine rings is 1. The van der Waals surface area contributed by atoms with E-state index < -0.39 is 0 Å². The molecule has 1 heterocycles. The van der Waals surface area contributed by atoms with Crippen molar-refractivity contribution in [2.24, 2.45) is 0 Å². The first-order valence-corrected chi connectivity index (χ1v) is 7.99. The van der Waals surface area contributed by atoms with Crippen molar-refractivity contribution in [1.29, 1.82) is 0 Å². The van der Waals surface area contributed by atoms with Crippen LogP contribution in [0, 0.1) is 0 Å². The van der Waals surface area contributed by atoms with Crippen molar-refractivity contribution in [3.05, 3.63) is 48.0 Å². The van der Waals surface area contributed by atoms with Crippen molar-refractivity contribution < 1.29 is 14.6 Å². The summed E-state index contributed by atoms with van der Waals surface area (Å²) in [5.74, 6) is 0. The number of hydrogen-bond acceptors (Lipinski definition) is 3. The van der Waals surface area contributed by atoms with Crippen molar-refractivity contribution >= 4 is 6.09 Å². The maximum atomic E-state index is 12.5. The summed E-state index contributed by atoms with van der Waals surface area (Å²) in [6, 6.07) is 9.82. The Kier molecular flexibility index (Phi) is 6.46. The minimum absolute atomic E-state index is 0.0585. The number of aliphatic hydroxyl groups is 1. The van der Waals surface area contributed by atoms with Crippen LogP contribution in [0.4, 0.5) is 4.79 Å². The molecule has 2 atom stereocenters. The SMILES string of the molecule is C/C=C/[C@@H]1CCC[C@H](CCO)N1C(=O)OCc1ccccc1. The molecule has 0 aromatic heterocycles. The Morgan fingerprint density at radius 3 is 2.82 bits per heavy atom. The summed E-state index contributed by atoms with van der Waals surface area (Å²) in [7, 11) is 0. The summed E-state index contributed by atoms with van der Waals surface area (Å²) in [6.07, 6.45) is 7.29. The van der Waals surface area contributed by atoms with Gasteiger partial charge in [0.2, 0.25) is 0 Å². The van der Waals surface area contributed by atoms with Gasteiger partial charge < -0.3 is 9.84 Å². The lowest BCUT2D eigenvalue weighted by Gasteiger charge is -2.40. The zero-order valence-corrected chi connectivity index (χ0v) is 13.1. The maximum absolute atomic E-state index is 12.5. The number of likely N-dealkylation sites (tertiary alicyclic amines) is 1. The van der Waals surface area contributed by atoms with Crippen molar-refractivity contribution in [3.63, 3.8) is 0 Å². The Labute approximate surface area is 132 Å². The van der Waals surface area contributed by atoms with Crippen LogP contribution in [-0.4, -0.2) is 34.8 Å².